The minimum Gasteiger partial charge on any atom is -0.462 e. The second kappa shape index (κ2) is 65.8. The molecule has 0 N–H and O–H groups in total. The Morgan fingerprint density at radius 2 is 0.564 bits per heavy atom. The molecule has 0 aliphatic rings. The molecule has 0 saturated heterocycles. The molecule has 0 aliphatic heterocycles. The Morgan fingerprint density at radius 3 is 0.910 bits per heavy atom. The normalized spacial score (nSPS) is 12.7. The summed E-state index contributed by atoms with van der Waals surface area (Å²) in [4.78, 5) is 38.1. The van der Waals surface area contributed by atoms with Crippen LogP contribution in [-0.4, -0.2) is 37.2 Å². The van der Waals surface area contributed by atoms with Gasteiger partial charge in [0.2, 0.25) is 0 Å². The number of unbranched alkanes of at least 4 members (excludes halogenated alkanes) is 34. The molecule has 0 spiro atoms. The molecule has 0 aromatic heterocycles. The standard InChI is InChI=1S/C72H124O6/c1-4-7-10-13-16-19-22-24-26-27-28-29-30-31-32-33-34-35-36-37-38-39-40-41-42-43-44-45-47-48-50-53-56-59-62-65-71(74)77-68-69(67-76-70(73)64-61-58-55-52-21-18-15-12-9-6-3)78-72(75)66-63-60-57-54-51-49-46-25-23-20-17-14-11-8-5-2/h8,11-12,15,17,20,22,24-25,27-28,46,51,54,60,63,69H,4-7,9-10,13-14,16,18-19,21,23,26,29-45,47-50,52-53,55-59,61-62,64-68H2,1-3H3/b11-8-,15-12-,20-17-,24-22-,28-27-,46-25-,54-51-,63-60-. The molecule has 448 valence electrons. The summed E-state index contributed by atoms with van der Waals surface area (Å²) in [5.74, 6) is -1.05. The van der Waals surface area contributed by atoms with Crippen molar-refractivity contribution in [2.24, 2.45) is 0 Å². The maximum atomic E-state index is 12.8. The lowest BCUT2D eigenvalue weighted by Crippen LogP contribution is -2.30. The van der Waals surface area contributed by atoms with Gasteiger partial charge in [-0.3, -0.25) is 14.4 Å². The molecule has 0 aromatic rings. The van der Waals surface area contributed by atoms with Gasteiger partial charge in [-0.2, -0.15) is 0 Å². The predicted octanol–water partition coefficient (Wildman–Crippen LogP) is 22.8. The third-order valence-electron chi connectivity index (χ3n) is 14.3. The smallest absolute Gasteiger partial charge is 0.310 e. The van der Waals surface area contributed by atoms with Crippen molar-refractivity contribution in [3.8, 4) is 0 Å². The molecule has 6 nitrogen and oxygen atoms in total. The van der Waals surface area contributed by atoms with Crippen molar-refractivity contribution in [3.05, 3.63) is 97.2 Å². The SMILES string of the molecule is CC/C=C\C/C=C\C/C=C\C/C=C\C/C=C\CC(=O)OC(COC(=O)CCCCCCC/C=C\CCC)COC(=O)CCCCCCCCCCCCCCCCCCCCCCCCC/C=C\C/C=C\CCCCCCC. The number of hydrogen-bond donors (Lipinski definition) is 0. The topological polar surface area (TPSA) is 78.9 Å². The highest BCUT2D eigenvalue weighted by molar-refractivity contribution is 5.72. The minimum atomic E-state index is -0.834. The molecule has 78 heavy (non-hydrogen) atoms. The average molecular weight is 1090 g/mol. The summed E-state index contributed by atoms with van der Waals surface area (Å²) in [5, 5.41) is 0. The molecule has 0 rings (SSSR count). The van der Waals surface area contributed by atoms with E-state index in [1.165, 1.54) is 186 Å². The number of carbonyl (C=O) groups excluding carboxylic acids is 3. The van der Waals surface area contributed by atoms with Crippen molar-refractivity contribution >= 4 is 17.9 Å². The summed E-state index contributed by atoms with van der Waals surface area (Å²) >= 11 is 0. The highest BCUT2D eigenvalue weighted by Crippen LogP contribution is 2.17. The first-order valence-corrected chi connectivity index (χ1v) is 33.2. The molecule has 0 aliphatic carbocycles. The Kier molecular flexibility index (Phi) is 62.7. The Bertz CT molecular complexity index is 1530. The summed E-state index contributed by atoms with van der Waals surface area (Å²) in [6.07, 6.45) is 89.2. The number of rotatable bonds is 60. The zero-order valence-corrected chi connectivity index (χ0v) is 51.4. The molecular weight excluding hydrogens is 961 g/mol. The van der Waals surface area contributed by atoms with Crippen molar-refractivity contribution < 1.29 is 28.6 Å². The lowest BCUT2D eigenvalue weighted by atomic mass is 10.0. The monoisotopic (exact) mass is 1080 g/mol. The fourth-order valence-electron chi connectivity index (χ4n) is 9.38. The highest BCUT2D eigenvalue weighted by Gasteiger charge is 2.19. The van der Waals surface area contributed by atoms with Crippen molar-refractivity contribution in [2.45, 2.75) is 329 Å². The second-order valence-corrected chi connectivity index (χ2v) is 22.0. The fourth-order valence-corrected chi connectivity index (χ4v) is 9.38. The fraction of sp³-hybridized carbons (Fsp3) is 0.736. The number of hydrogen-bond acceptors (Lipinski definition) is 6. The van der Waals surface area contributed by atoms with Crippen LogP contribution in [0, 0.1) is 0 Å². The molecule has 0 aromatic carbocycles. The first-order valence-electron chi connectivity index (χ1n) is 33.2. The summed E-state index contributed by atoms with van der Waals surface area (Å²) < 4.78 is 16.7. The zero-order chi connectivity index (χ0) is 56.4. The van der Waals surface area contributed by atoms with E-state index in [2.05, 4.69) is 106 Å². The van der Waals surface area contributed by atoms with Crippen LogP contribution >= 0.6 is 0 Å². The number of ether oxygens (including phenoxy) is 3. The first kappa shape index (κ1) is 74.3. The molecular formula is C72H124O6. The lowest BCUT2D eigenvalue weighted by molar-refractivity contribution is -0.166. The predicted molar refractivity (Wildman–Crippen MR) is 339 cm³/mol. The van der Waals surface area contributed by atoms with Crippen molar-refractivity contribution in [3.63, 3.8) is 0 Å². The van der Waals surface area contributed by atoms with E-state index in [1.807, 2.05) is 6.08 Å². The van der Waals surface area contributed by atoms with Gasteiger partial charge in [0.25, 0.3) is 0 Å². The van der Waals surface area contributed by atoms with Crippen LogP contribution in [0.15, 0.2) is 97.2 Å². The third kappa shape index (κ3) is 63.2. The van der Waals surface area contributed by atoms with Crippen molar-refractivity contribution in [2.75, 3.05) is 13.2 Å². The first-order chi connectivity index (χ1) is 38.5. The van der Waals surface area contributed by atoms with Crippen LogP contribution < -0.4 is 0 Å². The quantitative estimate of drug-likeness (QED) is 0.0261. The minimum absolute atomic E-state index is 0.0956. The van der Waals surface area contributed by atoms with Crippen molar-refractivity contribution in [1.82, 2.24) is 0 Å². The van der Waals surface area contributed by atoms with Gasteiger partial charge in [0, 0.05) is 12.8 Å². The van der Waals surface area contributed by atoms with Gasteiger partial charge in [0.1, 0.15) is 13.2 Å². The molecule has 6 heteroatoms. The maximum absolute atomic E-state index is 12.8. The van der Waals surface area contributed by atoms with E-state index in [1.54, 1.807) is 6.08 Å². The van der Waals surface area contributed by atoms with Gasteiger partial charge in [-0.25, -0.2) is 0 Å². The summed E-state index contributed by atoms with van der Waals surface area (Å²) in [6, 6.07) is 0. The molecule has 0 bridgehead atoms. The van der Waals surface area contributed by atoms with Gasteiger partial charge >= 0.3 is 17.9 Å². The molecule has 0 heterocycles. The van der Waals surface area contributed by atoms with Crippen LogP contribution in [0.25, 0.3) is 0 Å². The van der Waals surface area contributed by atoms with E-state index in [9.17, 15) is 14.4 Å². The maximum Gasteiger partial charge on any atom is 0.310 e. The molecule has 0 amide bonds. The summed E-state index contributed by atoms with van der Waals surface area (Å²) in [7, 11) is 0. The average Bonchev–Trinajstić information content (AvgIpc) is 3.44. The van der Waals surface area contributed by atoms with Gasteiger partial charge in [-0.15, -0.1) is 0 Å². The van der Waals surface area contributed by atoms with Crippen LogP contribution in [-0.2, 0) is 28.6 Å². The van der Waals surface area contributed by atoms with E-state index in [0.717, 1.165) is 96.3 Å². The van der Waals surface area contributed by atoms with Crippen LogP contribution in [0.3, 0.4) is 0 Å². The third-order valence-corrected chi connectivity index (χ3v) is 14.3. The van der Waals surface area contributed by atoms with E-state index in [-0.39, 0.29) is 31.6 Å². The summed E-state index contributed by atoms with van der Waals surface area (Å²) in [6.45, 7) is 6.38. The van der Waals surface area contributed by atoms with Gasteiger partial charge < -0.3 is 14.2 Å². The van der Waals surface area contributed by atoms with Gasteiger partial charge in [0.05, 0.1) is 6.42 Å². The van der Waals surface area contributed by atoms with E-state index < -0.39 is 12.1 Å². The van der Waals surface area contributed by atoms with Gasteiger partial charge in [0.15, 0.2) is 6.10 Å². The van der Waals surface area contributed by atoms with Gasteiger partial charge in [-0.1, -0.05) is 304 Å². The van der Waals surface area contributed by atoms with Crippen LogP contribution in [0.1, 0.15) is 323 Å². The lowest BCUT2D eigenvalue weighted by Gasteiger charge is -2.18. The van der Waals surface area contributed by atoms with E-state index in [4.69, 9.17) is 14.2 Å². The second-order valence-electron chi connectivity index (χ2n) is 22.0. The molecule has 0 radical (unpaired) electrons. The van der Waals surface area contributed by atoms with Crippen LogP contribution in [0.2, 0.25) is 0 Å². The Morgan fingerprint density at radius 1 is 0.282 bits per heavy atom. The Labute approximate surface area is 483 Å². The number of esters is 3. The van der Waals surface area contributed by atoms with Crippen molar-refractivity contribution in [1.29, 1.82) is 0 Å². The molecule has 1 atom stereocenters. The number of allylic oxidation sites excluding steroid dienone is 15. The number of carbonyl (C=O) groups is 3. The van der Waals surface area contributed by atoms with E-state index >= 15 is 0 Å². The Hall–Kier alpha value is -3.67. The molecule has 0 fully saturated rings. The molecule has 1 unspecified atom stereocenters. The molecule has 0 saturated carbocycles. The van der Waals surface area contributed by atoms with Gasteiger partial charge in [-0.05, 0) is 96.3 Å². The largest absolute Gasteiger partial charge is 0.462 e. The van der Waals surface area contributed by atoms with Crippen LogP contribution in [0.5, 0.6) is 0 Å². The Balaban J connectivity index is 4.07. The summed E-state index contributed by atoms with van der Waals surface area (Å²) in [5.41, 5.74) is 0. The highest BCUT2D eigenvalue weighted by atomic mass is 16.6. The van der Waals surface area contributed by atoms with Crippen LogP contribution in [0.4, 0.5) is 0 Å². The van der Waals surface area contributed by atoms with E-state index in [0.29, 0.717) is 12.8 Å². The zero-order valence-electron chi connectivity index (χ0n) is 51.4.